The summed E-state index contributed by atoms with van der Waals surface area (Å²) in [5.41, 5.74) is 0. The van der Waals surface area contributed by atoms with Gasteiger partial charge in [0.25, 0.3) is 0 Å². The number of hydrogen-bond donors (Lipinski definition) is 3. The minimum absolute atomic E-state index is 0.105. The average molecular weight is 1470 g/mol. The zero-order valence-electron chi connectivity index (χ0n) is 65.8. The number of aliphatic hydroxyl groups is 1. The molecule has 0 aromatic heterocycles. The van der Waals surface area contributed by atoms with Gasteiger partial charge in [-0.2, -0.15) is 0 Å². The third-order valence-electron chi connectivity index (χ3n) is 19.9. The van der Waals surface area contributed by atoms with E-state index in [1.807, 2.05) is 0 Å². The Balaban J connectivity index is 5.26. The standard InChI is InChI=1S/C81H158O17P2/c1-9-72(6)58-50-42-34-28-22-18-15-16-19-23-30-36-45-53-61-78(83)91-67-76(97-80(85)63-55-47-37-31-24-20-14-12-13-17-21-27-33-41-49-57-71(4)5)69-95-99(87,88)93-65-75(82)66-94-100(89,90)96-70-77(68-92-79(84)62-54-46-40-39-44-52-60-74(8)11-3)98-81(86)64-56-48-38-32-26-25-29-35-43-51-59-73(7)10-2/h71-77,82H,9-70H2,1-8H3,(H,87,88)(H,89,90)/t72?,73?,74?,75-,76-,77-/m1/s1. The molecule has 0 aliphatic rings. The molecule has 0 spiro atoms. The molecule has 0 aliphatic carbocycles. The SMILES string of the molecule is CCC(C)CCCCCCCCCCCCCCCCC(=O)OC[C@H](COP(=O)(O)OC[C@@H](O)COP(=O)(O)OC[C@@H](COC(=O)CCCCCCCCC(C)CC)OC(=O)CCCCCCCCCCCCC(C)CC)OC(=O)CCCCCCCCCCCCCCCCCC(C)C. The number of phosphoric ester groups is 2. The highest BCUT2D eigenvalue weighted by molar-refractivity contribution is 7.47. The predicted molar refractivity (Wildman–Crippen MR) is 409 cm³/mol. The van der Waals surface area contributed by atoms with Crippen LogP contribution in [0.25, 0.3) is 0 Å². The third kappa shape index (κ3) is 70.4. The topological polar surface area (TPSA) is 237 Å². The molecule has 0 aromatic rings. The normalized spacial score (nSPS) is 14.8. The fraction of sp³-hybridized carbons (Fsp3) is 0.951. The van der Waals surface area contributed by atoms with Crippen molar-refractivity contribution >= 4 is 39.5 Å². The van der Waals surface area contributed by atoms with E-state index in [2.05, 4.69) is 55.4 Å². The number of hydrogen-bond acceptors (Lipinski definition) is 15. The number of ether oxygens (including phenoxy) is 4. The maximum atomic E-state index is 13.1. The predicted octanol–water partition coefficient (Wildman–Crippen LogP) is 24.0. The Morgan fingerprint density at radius 3 is 0.710 bits per heavy atom. The van der Waals surface area contributed by atoms with Crippen LogP contribution in [0.1, 0.15) is 415 Å². The maximum Gasteiger partial charge on any atom is 0.472 e. The lowest BCUT2D eigenvalue weighted by molar-refractivity contribution is -0.161. The van der Waals surface area contributed by atoms with Gasteiger partial charge in [-0.1, -0.05) is 364 Å². The van der Waals surface area contributed by atoms with Crippen LogP contribution in [0.4, 0.5) is 0 Å². The Morgan fingerprint density at radius 2 is 0.480 bits per heavy atom. The maximum absolute atomic E-state index is 13.1. The average Bonchev–Trinajstić information content (AvgIpc) is 0.957. The van der Waals surface area contributed by atoms with Gasteiger partial charge in [-0.25, -0.2) is 9.13 Å². The van der Waals surface area contributed by atoms with Gasteiger partial charge < -0.3 is 33.8 Å². The van der Waals surface area contributed by atoms with Crippen molar-refractivity contribution in [2.45, 2.75) is 433 Å². The Labute approximate surface area is 613 Å². The number of unbranched alkanes of at least 4 members (excludes halogenated alkanes) is 41. The van der Waals surface area contributed by atoms with Crippen molar-refractivity contribution in [3.05, 3.63) is 0 Å². The second-order valence-corrected chi connectivity index (χ2v) is 33.3. The Kier molecular flexibility index (Phi) is 68.7. The van der Waals surface area contributed by atoms with Gasteiger partial charge in [0, 0.05) is 25.7 Å². The molecule has 0 amide bonds. The summed E-state index contributed by atoms with van der Waals surface area (Å²) in [4.78, 5) is 73.0. The summed E-state index contributed by atoms with van der Waals surface area (Å²) in [7, 11) is -9.92. The van der Waals surface area contributed by atoms with Crippen molar-refractivity contribution in [2.24, 2.45) is 23.7 Å². The largest absolute Gasteiger partial charge is 0.472 e. The number of esters is 4. The second kappa shape index (κ2) is 70.1. The minimum Gasteiger partial charge on any atom is -0.462 e. The molecular formula is C81H158O17P2. The minimum atomic E-state index is -4.96. The molecule has 0 heterocycles. The van der Waals surface area contributed by atoms with E-state index in [0.717, 1.165) is 120 Å². The van der Waals surface area contributed by atoms with Gasteiger partial charge in [0.1, 0.15) is 19.3 Å². The Hall–Kier alpha value is -1.94. The van der Waals surface area contributed by atoms with E-state index in [0.29, 0.717) is 25.7 Å². The first-order valence-corrected chi connectivity index (χ1v) is 44.8. The van der Waals surface area contributed by atoms with Crippen LogP contribution in [0.3, 0.4) is 0 Å². The van der Waals surface area contributed by atoms with Crippen LogP contribution in [-0.2, 0) is 65.4 Å². The first-order chi connectivity index (χ1) is 48.2. The highest BCUT2D eigenvalue weighted by atomic mass is 31.2. The highest BCUT2D eigenvalue weighted by Gasteiger charge is 2.30. The summed E-state index contributed by atoms with van der Waals surface area (Å²) in [5, 5.41) is 10.6. The molecule has 0 radical (unpaired) electrons. The van der Waals surface area contributed by atoms with E-state index in [1.54, 1.807) is 0 Å². The zero-order valence-corrected chi connectivity index (χ0v) is 67.6. The van der Waals surface area contributed by atoms with E-state index < -0.39 is 97.5 Å². The van der Waals surface area contributed by atoms with E-state index in [9.17, 15) is 43.2 Å². The molecule has 8 atom stereocenters. The number of phosphoric acid groups is 2. The van der Waals surface area contributed by atoms with Crippen LogP contribution < -0.4 is 0 Å². The van der Waals surface area contributed by atoms with Crippen molar-refractivity contribution in [3.63, 3.8) is 0 Å². The van der Waals surface area contributed by atoms with Crippen LogP contribution in [-0.4, -0.2) is 96.7 Å². The van der Waals surface area contributed by atoms with Gasteiger partial charge in [-0.05, 0) is 49.4 Å². The van der Waals surface area contributed by atoms with Crippen LogP contribution in [0.2, 0.25) is 0 Å². The van der Waals surface area contributed by atoms with E-state index >= 15 is 0 Å². The molecule has 0 aromatic carbocycles. The summed E-state index contributed by atoms with van der Waals surface area (Å²) >= 11 is 0. The van der Waals surface area contributed by atoms with Crippen molar-refractivity contribution in [1.29, 1.82) is 0 Å². The van der Waals surface area contributed by atoms with Crippen LogP contribution in [0.15, 0.2) is 0 Å². The molecule has 0 rings (SSSR count). The van der Waals surface area contributed by atoms with Crippen LogP contribution in [0, 0.1) is 23.7 Å². The van der Waals surface area contributed by atoms with E-state index in [1.165, 1.54) is 212 Å². The molecule has 17 nitrogen and oxygen atoms in total. The van der Waals surface area contributed by atoms with Crippen molar-refractivity contribution in [2.75, 3.05) is 39.6 Å². The summed E-state index contributed by atoms with van der Waals surface area (Å²) in [6, 6.07) is 0. The molecule has 0 saturated heterocycles. The van der Waals surface area contributed by atoms with Gasteiger partial charge in [-0.3, -0.25) is 37.3 Å². The molecule has 0 fully saturated rings. The lowest BCUT2D eigenvalue weighted by Crippen LogP contribution is -2.30. The Morgan fingerprint density at radius 1 is 0.280 bits per heavy atom. The van der Waals surface area contributed by atoms with Crippen molar-refractivity contribution < 1.29 is 80.2 Å². The fourth-order valence-corrected chi connectivity index (χ4v) is 13.9. The van der Waals surface area contributed by atoms with Crippen molar-refractivity contribution in [1.82, 2.24) is 0 Å². The van der Waals surface area contributed by atoms with Crippen molar-refractivity contribution in [3.8, 4) is 0 Å². The number of rotatable bonds is 78. The van der Waals surface area contributed by atoms with Gasteiger partial charge in [0.05, 0.1) is 26.4 Å². The summed E-state index contributed by atoms with van der Waals surface area (Å²) in [6.45, 7) is 14.3. The molecule has 5 unspecified atom stereocenters. The first-order valence-electron chi connectivity index (χ1n) is 41.8. The van der Waals surface area contributed by atoms with E-state index in [-0.39, 0.29) is 25.7 Å². The fourth-order valence-electron chi connectivity index (χ4n) is 12.3. The second-order valence-electron chi connectivity index (χ2n) is 30.4. The van der Waals surface area contributed by atoms with Gasteiger partial charge in [-0.15, -0.1) is 0 Å². The monoisotopic (exact) mass is 1470 g/mol. The third-order valence-corrected chi connectivity index (χ3v) is 21.8. The lowest BCUT2D eigenvalue weighted by atomic mass is 9.99. The molecule has 0 saturated carbocycles. The highest BCUT2D eigenvalue weighted by Crippen LogP contribution is 2.45. The number of carbonyl (C=O) groups is 4. The van der Waals surface area contributed by atoms with Gasteiger partial charge in [0.2, 0.25) is 0 Å². The molecule has 0 bridgehead atoms. The quantitative estimate of drug-likeness (QED) is 0.0222. The summed E-state index contributed by atoms with van der Waals surface area (Å²) in [6.07, 6.45) is 56.8. The summed E-state index contributed by atoms with van der Waals surface area (Å²) < 4.78 is 68.7. The number of carbonyl (C=O) groups excluding carboxylic acids is 4. The molecule has 594 valence electrons. The number of aliphatic hydroxyl groups excluding tert-OH is 1. The molecule has 0 aliphatic heterocycles. The molecule has 19 heteroatoms. The smallest absolute Gasteiger partial charge is 0.462 e. The zero-order chi connectivity index (χ0) is 73.8. The Bertz CT molecular complexity index is 1960. The molecule has 3 N–H and O–H groups in total. The lowest BCUT2D eigenvalue weighted by Gasteiger charge is -2.21. The molecule has 100 heavy (non-hydrogen) atoms. The van der Waals surface area contributed by atoms with E-state index in [4.69, 9.17) is 37.0 Å². The van der Waals surface area contributed by atoms with Gasteiger partial charge in [0.15, 0.2) is 12.2 Å². The van der Waals surface area contributed by atoms with Crippen LogP contribution in [0.5, 0.6) is 0 Å². The van der Waals surface area contributed by atoms with Crippen LogP contribution >= 0.6 is 15.6 Å². The first kappa shape index (κ1) is 98.1. The summed E-state index contributed by atoms with van der Waals surface area (Å²) in [5.74, 6) is 1.07. The van der Waals surface area contributed by atoms with Gasteiger partial charge >= 0.3 is 39.5 Å². The molecular weight excluding hydrogens is 1310 g/mol.